The standard InChI is InChI=1S/C12H8N2.2C8H8N2.3C5H5N.3C4H4N2.C3H3N3.19C2H6/c1-3-9-5-6-10-4-2-8-14-12(10)11(9)13-7-1;2*1-10-6-9-7-4-2-3-5-8(7)10;3*1-2-4-6-5-3-1;1-2-6-4-3-5-1;1-2-5-4-6-3-1;1-2-4-6-5-3-1;1-4-2-6-3-5-1;19*1-2/h1-8H;2*2-6H,1H3;3*1-5H;3*1-4H;1-3H;19*1-2H3. The van der Waals surface area contributed by atoms with Crippen molar-refractivity contribution >= 4 is 43.9 Å². The minimum absolute atomic E-state index is 0.977. The largest absolute Gasteiger partial charge is 0.334 e. The highest BCUT2D eigenvalue weighted by Crippen LogP contribution is 2.20. The Labute approximate surface area is 701 Å². The molecule has 14 aromatic rings. The maximum Gasteiger partial charge on any atom is 0.119 e. The zero-order valence-electron chi connectivity index (χ0n) is 79.8. The van der Waals surface area contributed by atoms with Crippen LogP contribution in [-0.4, -0.2) is 89.1 Å². The summed E-state index contributed by atoms with van der Waals surface area (Å²) in [6, 6.07) is 50.9. The Bertz CT molecular complexity index is 2900. The second-order valence-corrected chi connectivity index (χ2v) is 14.5. The maximum atomic E-state index is 4.35. The highest BCUT2D eigenvalue weighted by atomic mass is 15.1. The van der Waals surface area contributed by atoms with Crippen LogP contribution in [0.25, 0.3) is 43.9 Å². The number of hydrogen-bond donors (Lipinski definition) is 0. The Kier molecular flexibility index (Phi) is 184. The first-order valence-electron chi connectivity index (χ1n) is 42.2. The van der Waals surface area contributed by atoms with Crippen LogP contribution >= 0.6 is 0 Å². The second-order valence-electron chi connectivity index (χ2n) is 14.5. The van der Waals surface area contributed by atoms with E-state index < -0.39 is 0 Å². The molecule has 0 saturated carbocycles. The summed E-state index contributed by atoms with van der Waals surface area (Å²) < 4.78 is 4.02. The molecule has 0 saturated heterocycles. The fourth-order valence-corrected chi connectivity index (χ4v) is 5.75. The van der Waals surface area contributed by atoms with Gasteiger partial charge in [0, 0.05) is 124 Å². The zero-order valence-corrected chi connectivity index (χ0v) is 79.8. The molecule has 0 radical (unpaired) electrons. The van der Waals surface area contributed by atoms with Crippen LogP contribution in [0.5, 0.6) is 0 Å². The zero-order chi connectivity index (χ0) is 91.0. The number of aromatic nitrogens is 18. The molecule has 11 heterocycles. The smallest absolute Gasteiger partial charge is 0.119 e. The number of nitrogens with zero attached hydrogens (tertiary/aromatic N) is 18. The predicted molar refractivity (Wildman–Crippen MR) is 513 cm³/mol. The van der Waals surface area contributed by atoms with Crippen molar-refractivity contribution in [3.05, 3.63) is 295 Å². The highest BCUT2D eigenvalue weighted by Gasteiger charge is 2.00. The molecule has 0 unspecified atom stereocenters. The molecule has 0 aliphatic heterocycles. The van der Waals surface area contributed by atoms with Crippen molar-refractivity contribution in [2.24, 2.45) is 14.1 Å². The Morgan fingerprint density at radius 3 is 0.579 bits per heavy atom. The number of hydrogen-bond acceptors (Lipinski definition) is 16. The van der Waals surface area contributed by atoms with E-state index in [2.05, 4.69) is 116 Å². The first-order valence-corrected chi connectivity index (χ1v) is 42.2. The predicted octanol–water partition coefficient (Wildman–Crippen LogP) is 30.0. The van der Waals surface area contributed by atoms with Crippen molar-refractivity contribution in [1.82, 2.24) is 89.1 Å². The summed E-state index contributed by atoms with van der Waals surface area (Å²) in [4.78, 5) is 53.9. The molecular weight excluding hydrogens is 1410 g/mol. The van der Waals surface area contributed by atoms with E-state index in [-0.39, 0.29) is 0 Å². The molecule has 0 aliphatic carbocycles. The van der Waals surface area contributed by atoms with Crippen LogP contribution in [0.4, 0.5) is 0 Å². The number of rotatable bonds is 0. The third-order valence-electron chi connectivity index (χ3n) is 9.15. The number of fused-ring (bicyclic) bond motifs is 5. The van der Waals surface area contributed by atoms with Gasteiger partial charge in [0.1, 0.15) is 25.3 Å². The molecular formula is C96H168N18. The monoisotopic (exact) mass is 1570 g/mol. The molecule has 0 N–H and O–H groups in total. The van der Waals surface area contributed by atoms with Crippen molar-refractivity contribution in [3.8, 4) is 0 Å². The molecule has 0 bridgehead atoms. The van der Waals surface area contributed by atoms with Crippen molar-refractivity contribution in [2.45, 2.75) is 263 Å². The molecule has 18 nitrogen and oxygen atoms in total. The Hall–Kier alpha value is -10.9. The van der Waals surface area contributed by atoms with Gasteiger partial charge in [0.2, 0.25) is 0 Å². The van der Waals surface area contributed by atoms with Gasteiger partial charge in [-0.1, -0.05) is 330 Å². The first kappa shape index (κ1) is 138. The molecule has 18 heteroatoms. The average molecular weight is 1570 g/mol. The van der Waals surface area contributed by atoms with Gasteiger partial charge in [0.25, 0.3) is 0 Å². The van der Waals surface area contributed by atoms with Crippen LogP contribution in [0.3, 0.4) is 0 Å². The van der Waals surface area contributed by atoms with Gasteiger partial charge in [-0.2, -0.15) is 10.2 Å². The Balaban J connectivity index is -0.0000000708. The summed E-state index contributed by atoms with van der Waals surface area (Å²) in [6.07, 6.45) is 36.8. The lowest BCUT2D eigenvalue weighted by Crippen LogP contribution is -1.83. The lowest BCUT2D eigenvalue weighted by atomic mass is 10.1. The molecule has 0 aliphatic rings. The fraction of sp³-hybridized carbons (Fsp3) is 0.417. The minimum Gasteiger partial charge on any atom is -0.334 e. The van der Waals surface area contributed by atoms with Crippen molar-refractivity contribution in [3.63, 3.8) is 0 Å². The van der Waals surface area contributed by atoms with Gasteiger partial charge in [-0.15, -0.1) is 0 Å². The van der Waals surface area contributed by atoms with Gasteiger partial charge in [0.15, 0.2) is 0 Å². The van der Waals surface area contributed by atoms with E-state index in [1.807, 2.05) is 414 Å². The molecule has 11 aromatic heterocycles. The molecule has 0 fully saturated rings. The number of aryl methyl sites for hydroxylation is 2. The van der Waals surface area contributed by atoms with Crippen LogP contribution in [-0.2, 0) is 14.1 Å². The highest BCUT2D eigenvalue weighted by molar-refractivity contribution is 6.02. The lowest BCUT2D eigenvalue weighted by molar-refractivity contribution is 0.948. The van der Waals surface area contributed by atoms with Crippen molar-refractivity contribution in [1.29, 1.82) is 0 Å². The summed E-state index contributed by atoms with van der Waals surface area (Å²) in [7, 11) is 3.99. The fourth-order valence-electron chi connectivity index (χ4n) is 5.75. The summed E-state index contributed by atoms with van der Waals surface area (Å²) in [5.74, 6) is 0. The third kappa shape index (κ3) is 97.2. The molecule has 3 aromatic carbocycles. The van der Waals surface area contributed by atoms with Gasteiger partial charge < -0.3 is 9.13 Å². The Morgan fingerprint density at radius 2 is 0.404 bits per heavy atom. The minimum atomic E-state index is 0.977. The van der Waals surface area contributed by atoms with Crippen molar-refractivity contribution in [2.75, 3.05) is 0 Å². The van der Waals surface area contributed by atoms with E-state index in [0.717, 1.165) is 32.8 Å². The topological polar surface area (TPSA) is 216 Å². The molecule has 642 valence electrons. The second kappa shape index (κ2) is 151. The third-order valence-corrected chi connectivity index (χ3v) is 9.15. The van der Waals surface area contributed by atoms with Gasteiger partial charge in [-0.3, -0.25) is 34.9 Å². The Morgan fingerprint density at radius 1 is 0.175 bits per heavy atom. The van der Waals surface area contributed by atoms with Crippen LogP contribution in [0, 0.1) is 0 Å². The van der Waals surface area contributed by atoms with E-state index >= 15 is 0 Å². The number of imidazole rings is 2. The van der Waals surface area contributed by atoms with Crippen LogP contribution in [0.15, 0.2) is 295 Å². The van der Waals surface area contributed by atoms with Crippen LogP contribution in [0.2, 0.25) is 0 Å². The molecule has 114 heavy (non-hydrogen) atoms. The van der Waals surface area contributed by atoms with E-state index in [1.54, 1.807) is 105 Å². The molecule has 14 rings (SSSR count). The quantitative estimate of drug-likeness (QED) is 0.129. The first-order chi connectivity index (χ1) is 56.7. The summed E-state index contributed by atoms with van der Waals surface area (Å²) in [5.41, 5.74) is 6.44. The molecule has 0 atom stereocenters. The van der Waals surface area contributed by atoms with E-state index in [9.17, 15) is 0 Å². The average Bonchev–Trinajstić information content (AvgIpc) is 1.19. The number of benzene rings is 3. The van der Waals surface area contributed by atoms with E-state index in [1.165, 1.54) is 36.3 Å². The number of pyridine rings is 5. The summed E-state index contributed by atoms with van der Waals surface area (Å²) in [6.45, 7) is 76.0. The molecule has 0 amide bonds. The van der Waals surface area contributed by atoms with Gasteiger partial charge >= 0.3 is 0 Å². The van der Waals surface area contributed by atoms with Crippen molar-refractivity contribution < 1.29 is 0 Å². The lowest BCUT2D eigenvalue weighted by Gasteiger charge is -2.00. The van der Waals surface area contributed by atoms with Gasteiger partial charge in [-0.05, 0) is 91.0 Å². The van der Waals surface area contributed by atoms with E-state index in [4.69, 9.17) is 0 Å². The summed E-state index contributed by atoms with van der Waals surface area (Å²) in [5, 5.41) is 9.34. The van der Waals surface area contributed by atoms with Crippen LogP contribution < -0.4 is 0 Å². The maximum absolute atomic E-state index is 4.35. The normalized spacial score (nSPS) is 7.12. The number of para-hydroxylation sites is 4. The van der Waals surface area contributed by atoms with Gasteiger partial charge in [-0.25, -0.2) is 34.9 Å². The SMILES string of the molecule is CC.CC.CC.CC.CC.CC.CC.CC.CC.CC.CC.CC.CC.CC.CC.CC.CC.CC.CC.Cn1cnc2ccccc21.Cn1cnc2ccccc21.c1ccncc1.c1ccncc1.c1ccncc1.c1ccnnc1.c1cnc2c(c1)ccc1cccnc12.c1cnccn1.c1cncnc1.c1ncncn1. The molecule has 0 spiro atoms. The van der Waals surface area contributed by atoms with Gasteiger partial charge in [0.05, 0.1) is 45.8 Å². The summed E-state index contributed by atoms with van der Waals surface area (Å²) >= 11 is 0. The van der Waals surface area contributed by atoms with E-state index in [0.29, 0.717) is 0 Å². The van der Waals surface area contributed by atoms with Crippen LogP contribution in [0.1, 0.15) is 263 Å².